The number of halogens is 1. The average molecular weight is 282 g/mol. The highest BCUT2D eigenvalue weighted by molar-refractivity contribution is 5.85. The number of carboxylic acids is 2. The third-order valence-electron chi connectivity index (χ3n) is 2.41. The van der Waals surface area contributed by atoms with Gasteiger partial charge in [0.05, 0.1) is 6.42 Å². The van der Waals surface area contributed by atoms with E-state index in [1.807, 2.05) is 41.5 Å². The normalized spacial score (nSPS) is 13.9. The molecule has 0 fully saturated rings. The minimum atomic E-state index is -1.10. The molecular formula is C12H24ClNO4. The van der Waals surface area contributed by atoms with Gasteiger partial charge in [0, 0.05) is 11.1 Å². The molecule has 0 aliphatic carbocycles. The van der Waals surface area contributed by atoms with E-state index in [0.717, 1.165) is 0 Å². The van der Waals surface area contributed by atoms with Crippen LogP contribution in [0.1, 0.15) is 48.0 Å². The van der Waals surface area contributed by atoms with Crippen LogP contribution in [0.3, 0.4) is 0 Å². The predicted octanol–water partition coefficient (Wildman–Crippen LogP) is 2.24. The van der Waals surface area contributed by atoms with Crippen molar-refractivity contribution in [1.29, 1.82) is 0 Å². The van der Waals surface area contributed by atoms with Crippen LogP contribution in [0.25, 0.3) is 0 Å². The average Bonchev–Trinajstić information content (AvgIpc) is 1.95. The fourth-order valence-corrected chi connectivity index (χ4v) is 2.40. The van der Waals surface area contributed by atoms with Gasteiger partial charge in [-0.2, -0.15) is 0 Å². The van der Waals surface area contributed by atoms with Gasteiger partial charge in [-0.15, -0.1) is 12.4 Å². The van der Waals surface area contributed by atoms with E-state index < -0.39 is 35.5 Å². The number of rotatable bonds is 4. The minimum absolute atomic E-state index is 0. The van der Waals surface area contributed by atoms with Crippen molar-refractivity contribution in [2.24, 2.45) is 0 Å². The summed E-state index contributed by atoms with van der Waals surface area (Å²) in [5.74, 6) is -2.20. The Bertz CT molecular complexity index is 290. The summed E-state index contributed by atoms with van der Waals surface area (Å²) in [7, 11) is 0. The van der Waals surface area contributed by atoms with E-state index in [4.69, 9.17) is 5.11 Å². The smallest absolute Gasteiger partial charge is 0.321 e. The van der Waals surface area contributed by atoms with Gasteiger partial charge < -0.3 is 10.2 Å². The predicted molar refractivity (Wildman–Crippen MR) is 72.3 cm³/mol. The maximum absolute atomic E-state index is 11.3. The maximum atomic E-state index is 11.3. The van der Waals surface area contributed by atoms with Gasteiger partial charge in [0.15, 0.2) is 0 Å². The molecule has 18 heavy (non-hydrogen) atoms. The van der Waals surface area contributed by atoms with Crippen molar-refractivity contribution in [3.63, 3.8) is 0 Å². The first kappa shape index (κ1) is 19.5. The molecule has 0 rings (SSSR count). The van der Waals surface area contributed by atoms with Crippen molar-refractivity contribution >= 4 is 24.3 Å². The molecule has 2 N–H and O–H groups in total. The Labute approximate surface area is 115 Å². The molecule has 5 nitrogen and oxygen atoms in total. The van der Waals surface area contributed by atoms with Crippen LogP contribution in [0, 0.1) is 0 Å². The van der Waals surface area contributed by atoms with Crippen LogP contribution in [0.15, 0.2) is 0 Å². The Balaban J connectivity index is 0. The van der Waals surface area contributed by atoms with E-state index in [0.29, 0.717) is 0 Å². The van der Waals surface area contributed by atoms with Crippen molar-refractivity contribution in [2.75, 3.05) is 0 Å². The lowest BCUT2D eigenvalue weighted by molar-refractivity contribution is -0.156. The third kappa shape index (κ3) is 5.69. The molecule has 0 aliphatic heterocycles. The number of carboxylic acid groups (broad SMARTS) is 2. The van der Waals surface area contributed by atoms with E-state index in [1.54, 1.807) is 4.90 Å². The second kappa shape index (κ2) is 6.38. The van der Waals surface area contributed by atoms with E-state index in [2.05, 4.69) is 0 Å². The molecule has 6 heteroatoms. The van der Waals surface area contributed by atoms with Gasteiger partial charge in [-0.05, 0) is 41.5 Å². The highest BCUT2D eigenvalue weighted by Crippen LogP contribution is 2.29. The number of hydrogen-bond donors (Lipinski definition) is 2. The molecule has 0 aromatic carbocycles. The zero-order valence-corrected chi connectivity index (χ0v) is 12.7. The fraction of sp³-hybridized carbons (Fsp3) is 0.833. The van der Waals surface area contributed by atoms with Crippen LogP contribution in [0.4, 0.5) is 0 Å². The SMILES string of the molecule is CC(C)(C)N([C@@H](CC(=O)O)C(=O)O)C(C)(C)C.Cl. The van der Waals surface area contributed by atoms with Crippen LogP contribution in [-0.4, -0.2) is 44.2 Å². The third-order valence-corrected chi connectivity index (χ3v) is 2.41. The number of carbonyl (C=O) groups is 2. The molecule has 0 saturated heterocycles. The zero-order valence-electron chi connectivity index (χ0n) is 11.9. The monoisotopic (exact) mass is 281 g/mol. The molecule has 0 heterocycles. The first-order valence-electron chi connectivity index (χ1n) is 5.61. The molecule has 108 valence electrons. The van der Waals surface area contributed by atoms with Crippen molar-refractivity contribution in [2.45, 2.75) is 65.1 Å². The molecule has 0 aromatic heterocycles. The second-order valence-electron chi connectivity index (χ2n) is 6.16. The lowest BCUT2D eigenvalue weighted by Crippen LogP contribution is -2.60. The zero-order chi connectivity index (χ0) is 14.0. The van der Waals surface area contributed by atoms with E-state index >= 15 is 0 Å². The summed E-state index contributed by atoms with van der Waals surface area (Å²) in [6.45, 7) is 11.3. The van der Waals surface area contributed by atoms with Crippen LogP contribution in [-0.2, 0) is 9.59 Å². The highest BCUT2D eigenvalue weighted by Gasteiger charge is 2.41. The highest BCUT2D eigenvalue weighted by atomic mass is 35.5. The van der Waals surface area contributed by atoms with Gasteiger partial charge in [0.1, 0.15) is 6.04 Å². The van der Waals surface area contributed by atoms with Crippen LogP contribution >= 0.6 is 12.4 Å². The van der Waals surface area contributed by atoms with Crippen LogP contribution in [0.2, 0.25) is 0 Å². The number of aliphatic carboxylic acids is 2. The molecule has 0 aliphatic rings. The largest absolute Gasteiger partial charge is 0.481 e. The summed E-state index contributed by atoms with van der Waals surface area (Å²) in [6, 6.07) is -1.02. The van der Waals surface area contributed by atoms with Gasteiger partial charge in [-0.1, -0.05) is 0 Å². The molecule has 1 atom stereocenters. The Morgan fingerprint density at radius 3 is 1.50 bits per heavy atom. The molecular weight excluding hydrogens is 258 g/mol. The summed E-state index contributed by atoms with van der Waals surface area (Å²) >= 11 is 0. The Morgan fingerprint density at radius 1 is 1.00 bits per heavy atom. The minimum Gasteiger partial charge on any atom is -0.481 e. The Kier molecular flexibility index (Phi) is 6.93. The molecule has 0 saturated carbocycles. The maximum Gasteiger partial charge on any atom is 0.321 e. The number of hydrogen-bond acceptors (Lipinski definition) is 3. The summed E-state index contributed by atoms with van der Waals surface area (Å²) < 4.78 is 0. The van der Waals surface area contributed by atoms with E-state index in [9.17, 15) is 14.7 Å². The lowest BCUT2D eigenvalue weighted by atomic mass is 9.92. The molecule has 0 aromatic rings. The summed E-state index contributed by atoms with van der Waals surface area (Å²) in [5, 5.41) is 18.0. The van der Waals surface area contributed by atoms with Gasteiger partial charge in [-0.25, -0.2) is 0 Å². The summed E-state index contributed by atoms with van der Waals surface area (Å²) in [5.41, 5.74) is -0.840. The van der Waals surface area contributed by atoms with Crippen molar-refractivity contribution in [1.82, 2.24) is 4.90 Å². The second-order valence-corrected chi connectivity index (χ2v) is 6.16. The van der Waals surface area contributed by atoms with Gasteiger partial charge in [0.25, 0.3) is 0 Å². The standard InChI is InChI=1S/C12H23NO4.ClH/c1-11(2,3)13(12(4,5)6)8(10(16)17)7-9(14)15;/h8H,7H2,1-6H3,(H,14,15)(H,16,17);1H/t8-;/m0./s1. The lowest BCUT2D eigenvalue weighted by Gasteiger charge is -2.48. The molecule has 0 bridgehead atoms. The Hall–Kier alpha value is -0.810. The summed E-state index contributed by atoms with van der Waals surface area (Å²) in [6.07, 6.45) is -0.399. The van der Waals surface area contributed by atoms with Gasteiger partial charge in [-0.3, -0.25) is 14.5 Å². The topological polar surface area (TPSA) is 77.8 Å². The summed E-state index contributed by atoms with van der Waals surface area (Å²) in [4.78, 5) is 23.8. The number of nitrogens with zero attached hydrogens (tertiary/aromatic N) is 1. The van der Waals surface area contributed by atoms with Crippen molar-refractivity contribution in [3.05, 3.63) is 0 Å². The quantitative estimate of drug-likeness (QED) is 0.826. The van der Waals surface area contributed by atoms with Crippen LogP contribution < -0.4 is 0 Å². The molecule has 0 amide bonds. The molecule has 0 unspecified atom stereocenters. The van der Waals surface area contributed by atoms with Crippen molar-refractivity contribution in [3.8, 4) is 0 Å². The Morgan fingerprint density at radius 2 is 1.33 bits per heavy atom. The first-order valence-corrected chi connectivity index (χ1v) is 5.61. The van der Waals surface area contributed by atoms with Crippen molar-refractivity contribution < 1.29 is 19.8 Å². The fourth-order valence-electron chi connectivity index (χ4n) is 2.40. The molecule has 0 spiro atoms. The van der Waals surface area contributed by atoms with E-state index in [-0.39, 0.29) is 12.4 Å². The molecule has 0 radical (unpaired) electrons. The van der Waals surface area contributed by atoms with Crippen LogP contribution in [0.5, 0.6) is 0 Å². The first-order chi connectivity index (χ1) is 7.37. The van der Waals surface area contributed by atoms with E-state index in [1.165, 1.54) is 0 Å². The van der Waals surface area contributed by atoms with Gasteiger partial charge in [0.2, 0.25) is 0 Å². The van der Waals surface area contributed by atoms with Gasteiger partial charge >= 0.3 is 11.9 Å².